The van der Waals surface area contributed by atoms with Crippen LogP contribution in [0.1, 0.15) is 49.4 Å². The molecule has 104 valence electrons. The van der Waals surface area contributed by atoms with Crippen LogP contribution in [0.4, 0.5) is 5.82 Å². The largest absolute Gasteiger partial charge is 0.478 e. The number of aromatic nitrogens is 1. The number of anilines is 1. The lowest BCUT2D eigenvalue weighted by Crippen LogP contribution is -2.40. The molecule has 0 bridgehead atoms. The van der Waals surface area contributed by atoms with Crippen LogP contribution in [0.5, 0.6) is 0 Å². The minimum atomic E-state index is -0.963. The van der Waals surface area contributed by atoms with Crippen molar-refractivity contribution in [2.45, 2.75) is 45.1 Å². The van der Waals surface area contributed by atoms with Crippen LogP contribution in [0.25, 0.3) is 0 Å². The number of carboxylic acid groups (broad SMARTS) is 1. The van der Waals surface area contributed by atoms with E-state index in [-0.39, 0.29) is 10.7 Å². The van der Waals surface area contributed by atoms with Gasteiger partial charge in [-0.05, 0) is 37.8 Å². The molecule has 5 heteroatoms. The van der Waals surface area contributed by atoms with Gasteiger partial charge in [0.15, 0.2) is 0 Å². The van der Waals surface area contributed by atoms with E-state index in [9.17, 15) is 4.79 Å². The molecular weight excluding hydrogens is 264 g/mol. The van der Waals surface area contributed by atoms with Crippen LogP contribution in [-0.2, 0) is 0 Å². The van der Waals surface area contributed by atoms with Crippen LogP contribution in [0.15, 0.2) is 12.1 Å². The van der Waals surface area contributed by atoms with Crippen LogP contribution in [0, 0.1) is 0 Å². The van der Waals surface area contributed by atoms with Gasteiger partial charge in [0.1, 0.15) is 11.0 Å². The van der Waals surface area contributed by atoms with Crippen LogP contribution >= 0.6 is 11.6 Å². The Balaban J connectivity index is 2.30. The Kier molecular flexibility index (Phi) is 4.64. The Morgan fingerprint density at radius 1 is 1.53 bits per heavy atom. The molecule has 0 radical (unpaired) electrons. The average Bonchev–Trinajstić information content (AvgIpc) is 2.39. The van der Waals surface area contributed by atoms with Crippen LogP contribution < -0.4 is 4.90 Å². The average molecular weight is 283 g/mol. The third-order valence-electron chi connectivity index (χ3n) is 3.57. The van der Waals surface area contributed by atoms with Gasteiger partial charge in [-0.3, -0.25) is 0 Å². The minimum absolute atomic E-state index is 0.204. The number of hydrogen-bond donors (Lipinski definition) is 1. The summed E-state index contributed by atoms with van der Waals surface area (Å²) in [7, 11) is 0. The van der Waals surface area contributed by atoms with Gasteiger partial charge in [0.25, 0.3) is 0 Å². The van der Waals surface area contributed by atoms with Crippen molar-refractivity contribution in [2.24, 2.45) is 0 Å². The van der Waals surface area contributed by atoms with E-state index in [2.05, 4.69) is 16.8 Å². The predicted molar refractivity (Wildman–Crippen MR) is 76.1 cm³/mol. The lowest BCUT2D eigenvalue weighted by atomic mass is 9.98. The van der Waals surface area contributed by atoms with Gasteiger partial charge >= 0.3 is 5.97 Å². The molecule has 1 aromatic heterocycles. The molecule has 1 fully saturated rings. The van der Waals surface area contributed by atoms with Gasteiger partial charge in [0, 0.05) is 12.6 Å². The van der Waals surface area contributed by atoms with Gasteiger partial charge in [-0.15, -0.1) is 0 Å². The van der Waals surface area contributed by atoms with Crippen LogP contribution in [0.2, 0.25) is 5.15 Å². The molecule has 1 saturated heterocycles. The second-order valence-electron chi connectivity index (χ2n) is 4.97. The van der Waals surface area contributed by atoms with E-state index in [4.69, 9.17) is 16.7 Å². The van der Waals surface area contributed by atoms with Gasteiger partial charge in [0.05, 0.1) is 5.56 Å². The molecule has 0 amide bonds. The first-order chi connectivity index (χ1) is 9.11. The molecule has 0 aliphatic carbocycles. The predicted octanol–water partition coefficient (Wildman–Crippen LogP) is 3.59. The minimum Gasteiger partial charge on any atom is -0.478 e. The van der Waals surface area contributed by atoms with Gasteiger partial charge in [0.2, 0.25) is 0 Å². The number of carboxylic acids is 1. The monoisotopic (exact) mass is 282 g/mol. The first-order valence-electron chi connectivity index (χ1n) is 6.79. The van der Waals surface area contributed by atoms with E-state index in [0.717, 1.165) is 32.2 Å². The van der Waals surface area contributed by atoms with Crippen molar-refractivity contribution in [2.75, 3.05) is 11.4 Å². The number of halogens is 1. The zero-order chi connectivity index (χ0) is 13.8. The van der Waals surface area contributed by atoms with Crippen LogP contribution in [0.3, 0.4) is 0 Å². The number of piperidine rings is 1. The number of nitrogens with zero attached hydrogens (tertiary/aromatic N) is 2. The molecule has 1 atom stereocenters. The lowest BCUT2D eigenvalue weighted by Gasteiger charge is -2.36. The summed E-state index contributed by atoms with van der Waals surface area (Å²) in [4.78, 5) is 17.6. The van der Waals surface area contributed by atoms with Gasteiger partial charge in [-0.25, -0.2) is 9.78 Å². The Morgan fingerprint density at radius 2 is 2.32 bits per heavy atom. The van der Waals surface area contributed by atoms with Crippen LogP contribution in [-0.4, -0.2) is 28.6 Å². The van der Waals surface area contributed by atoms with E-state index in [0.29, 0.717) is 11.9 Å². The van der Waals surface area contributed by atoms with E-state index >= 15 is 0 Å². The summed E-state index contributed by atoms with van der Waals surface area (Å²) < 4.78 is 0. The van der Waals surface area contributed by atoms with E-state index < -0.39 is 5.97 Å². The molecule has 1 N–H and O–H groups in total. The summed E-state index contributed by atoms with van der Waals surface area (Å²) in [6, 6.07) is 3.47. The van der Waals surface area contributed by atoms with Crippen molar-refractivity contribution in [3.8, 4) is 0 Å². The summed E-state index contributed by atoms with van der Waals surface area (Å²) in [6.07, 6.45) is 5.72. The third-order valence-corrected chi connectivity index (χ3v) is 3.76. The number of aromatic carboxylic acids is 1. The first kappa shape index (κ1) is 14.1. The fourth-order valence-electron chi connectivity index (χ4n) is 2.69. The Bertz CT molecular complexity index is 463. The molecule has 0 aromatic carbocycles. The maximum Gasteiger partial charge on any atom is 0.335 e. The molecule has 2 heterocycles. The fraction of sp³-hybridized carbons (Fsp3) is 0.571. The van der Waals surface area contributed by atoms with Crippen molar-refractivity contribution in [1.29, 1.82) is 0 Å². The third kappa shape index (κ3) is 3.38. The summed E-state index contributed by atoms with van der Waals surface area (Å²) in [5.74, 6) is -0.266. The number of carbonyl (C=O) groups is 1. The van der Waals surface area contributed by atoms with Crippen molar-refractivity contribution >= 4 is 23.4 Å². The second-order valence-corrected chi connectivity index (χ2v) is 5.36. The van der Waals surface area contributed by atoms with E-state index in [1.807, 2.05) is 0 Å². The van der Waals surface area contributed by atoms with Crippen molar-refractivity contribution < 1.29 is 9.90 Å². The summed E-state index contributed by atoms with van der Waals surface area (Å²) >= 11 is 5.94. The Morgan fingerprint density at radius 3 is 3.00 bits per heavy atom. The highest BCUT2D eigenvalue weighted by Crippen LogP contribution is 2.27. The molecule has 1 aliphatic heterocycles. The Hall–Kier alpha value is -1.29. The first-order valence-corrected chi connectivity index (χ1v) is 7.17. The smallest absolute Gasteiger partial charge is 0.335 e. The van der Waals surface area contributed by atoms with Gasteiger partial charge in [-0.2, -0.15) is 0 Å². The second kappa shape index (κ2) is 6.24. The molecular formula is C14H19ClN2O2. The van der Waals surface area contributed by atoms with E-state index in [1.165, 1.54) is 12.5 Å². The molecule has 4 nitrogen and oxygen atoms in total. The highest BCUT2D eigenvalue weighted by atomic mass is 35.5. The SMILES string of the molecule is CCCC1CCCCN1c1cc(C(=O)O)cc(Cl)n1. The van der Waals surface area contributed by atoms with Crippen molar-refractivity contribution in [1.82, 2.24) is 4.98 Å². The maximum absolute atomic E-state index is 11.1. The number of hydrogen-bond acceptors (Lipinski definition) is 3. The van der Waals surface area contributed by atoms with E-state index in [1.54, 1.807) is 6.07 Å². The quantitative estimate of drug-likeness (QED) is 0.858. The standard InChI is InChI=1S/C14H19ClN2O2/c1-2-5-11-6-3-4-7-17(11)13-9-10(14(18)19)8-12(15)16-13/h8-9,11H,2-7H2,1H3,(H,18,19). The summed E-state index contributed by atoms with van der Waals surface area (Å²) in [5.41, 5.74) is 0.204. The lowest BCUT2D eigenvalue weighted by molar-refractivity contribution is 0.0696. The highest BCUT2D eigenvalue weighted by Gasteiger charge is 2.24. The fourth-order valence-corrected chi connectivity index (χ4v) is 2.89. The summed E-state index contributed by atoms with van der Waals surface area (Å²) in [5, 5.41) is 9.34. The molecule has 0 spiro atoms. The normalized spacial score (nSPS) is 19.5. The van der Waals surface area contributed by atoms with Gasteiger partial charge < -0.3 is 10.0 Å². The molecule has 0 saturated carbocycles. The number of pyridine rings is 1. The van der Waals surface area contributed by atoms with Crippen molar-refractivity contribution in [3.05, 3.63) is 22.8 Å². The summed E-state index contributed by atoms with van der Waals surface area (Å²) in [6.45, 7) is 3.10. The molecule has 1 aromatic rings. The highest BCUT2D eigenvalue weighted by molar-refractivity contribution is 6.29. The maximum atomic E-state index is 11.1. The zero-order valence-corrected chi connectivity index (χ0v) is 11.9. The molecule has 19 heavy (non-hydrogen) atoms. The number of rotatable bonds is 4. The zero-order valence-electron chi connectivity index (χ0n) is 11.1. The molecule has 2 rings (SSSR count). The molecule has 1 unspecified atom stereocenters. The Labute approximate surface area is 118 Å². The van der Waals surface area contributed by atoms with Gasteiger partial charge in [-0.1, -0.05) is 24.9 Å². The molecule has 1 aliphatic rings. The topological polar surface area (TPSA) is 53.4 Å². The van der Waals surface area contributed by atoms with Crippen molar-refractivity contribution in [3.63, 3.8) is 0 Å².